The quantitative estimate of drug-likeness (QED) is 0.777. The molecule has 0 radical (unpaired) electrons. The number of thiocarbonyl (C=S) groups is 1. The summed E-state index contributed by atoms with van der Waals surface area (Å²) in [4.78, 5) is 14.0. The van der Waals surface area contributed by atoms with E-state index in [1.165, 1.54) is 0 Å². The van der Waals surface area contributed by atoms with Crippen LogP contribution in [0.1, 0.15) is 24.5 Å². The maximum absolute atomic E-state index is 11.7. The Morgan fingerprint density at radius 1 is 1.47 bits per heavy atom. The van der Waals surface area contributed by atoms with Gasteiger partial charge in [0.1, 0.15) is 4.99 Å². The zero-order valence-corrected chi connectivity index (χ0v) is 12.5. The standard InChI is InChI=1S/C14H21N3OS/c1-4-7-16-13(18)9-17(3)11-5-6-12(14(15)19)10(2)8-11/h5-6,8H,4,7,9H2,1-3H3,(H2,15,19)(H,16,18). The van der Waals surface area contributed by atoms with Gasteiger partial charge in [-0.3, -0.25) is 4.79 Å². The van der Waals surface area contributed by atoms with Gasteiger partial charge in [0.25, 0.3) is 0 Å². The Hall–Kier alpha value is -1.62. The van der Waals surface area contributed by atoms with Gasteiger partial charge in [0.2, 0.25) is 5.91 Å². The van der Waals surface area contributed by atoms with Crippen molar-refractivity contribution in [2.45, 2.75) is 20.3 Å². The molecule has 0 spiro atoms. The summed E-state index contributed by atoms with van der Waals surface area (Å²) in [6, 6.07) is 5.81. The summed E-state index contributed by atoms with van der Waals surface area (Å²) in [6.07, 6.45) is 0.942. The third-order valence-electron chi connectivity index (χ3n) is 2.87. The summed E-state index contributed by atoms with van der Waals surface area (Å²) < 4.78 is 0. The van der Waals surface area contributed by atoms with Crippen LogP contribution in [0.2, 0.25) is 0 Å². The van der Waals surface area contributed by atoms with Gasteiger partial charge in [-0.15, -0.1) is 0 Å². The molecule has 0 heterocycles. The van der Waals surface area contributed by atoms with Crippen LogP contribution in [0.15, 0.2) is 18.2 Å². The second kappa shape index (κ2) is 7.09. The molecule has 0 atom stereocenters. The van der Waals surface area contributed by atoms with E-state index >= 15 is 0 Å². The second-order valence-corrected chi connectivity index (χ2v) is 5.01. The topological polar surface area (TPSA) is 58.4 Å². The molecule has 1 amide bonds. The highest BCUT2D eigenvalue weighted by atomic mass is 32.1. The minimum absolute atomic E-state index is 0.0282. The van der Waals surface area contributed by atoms with Crippen LogP contribution in [0.4, 0.5) is 5.69 Å². The molecule has 0 aromatic heterocycles. The first-order chi connectivity index (χ1) is 8.95. The number of anilines is 1. The van der Waals surface area contributed by atoms with Crippen LogP contribution in [0, 0.1) is 6.92 Å². The zero-order valence-electron chi connectivity index (χ0n) is 11.7. The summed E-state index contributed by atoms with van der Waals surface area (Å²) in [5.41, 5.74) is 8.50. The van der Waals surface area contributed by atoms with E-state index in [9.17, 15) is 4.79 Å². The molecule has 0 bridgehead atoms. The van der Waals surface area contributed by atoms with Crippen LogP contribution in [0.25, 0.3) is 0 Å². The number of hydrogen-bond donors (Lipinski definition) is 2. The number of carbonyl (C=O) groups excluding carboxylic acids is 1. The fourth-order valence-corrected chi connectivity index (χ4v) is 2.02. The van der Waals surface area contributed by atoms with E-state index in [-0.39, 0.29) is 5.91 Å². The van der Waals surface area contributed by atoms with Crippen LogP contribution in [-0.4, -0.2) is 31.0 Å². The molecule has 1 aromatic rings. The van der Waals surface area contributed by atoms with Crippen molar-refractivity contribution in [2.75, 3.05) is 25.0 Å². The van der Waals surface area contributed by atoms with Gasteiger partial charge in [-0.2, -0.15) is 0 Å². The molecule has 1 aromatic carbocycles. The predicted octanol–water partition coefficient (Wildman–Crippen LogP) is 1.59. The van der Waals surface area contributed by atoms with Crippen LogP contribution >= 0.6 is 12.2 Å². The summed E-state index contributed by atoms with van der Waals surface area (Å²) in [7, 11) is 1.89. The molecule has 5 heteroatoms. The number of nitrogens with one attached hydrogen (secondary N) is 1. The Morgan fingerprint density at radius 2 is 2.16 bits per heavy atom. The molecule has 104 valence electrons. The Labute approximate surface area is 120 Å². The van der Waals surface area contributed by atoms with Crippen molar-refractivity contribution in [2.24, 2.45) is 5.73 Å². The number of amides is 1. The molecular weight excluding hydrogens is 258 g/mol. The number of rotatable bonds is 6. The van der Waals surface area contributed by atoms with E-state index in [4.69, 9.17) is 18.0 Å². The van der Waals surface area contributed by atoms with Gasteiger partial charge in [0.05, 0.1) is 6.54 Å². The summed E-state index contributed by atoms with van der Waals surface area (Å²) in [6.45, 7) is 5.04. The van der Waals surface area contributed by atoms with Crippen molar-refractivity contribution in [1.82, 2.24) is 5.32 Å². The molecule has 0 aliphatic carbocycles. The zero-order chi connectivity index (χ0) is 14.4. The first kappa shape index (κ1) is 15.4. The van der Waals surface area contributed by atoms with Crippen LogP contribution < -0.4 is 16.0 Å². The van der Waals surface area contributed by atoms with E-state index in [1.807, 2.05) is 44.0 Å². The molecule has 0 aliphatic rings. The lowest BCUT2D eigenvalue weighted by Crippen LogP contribution is -2.35. The predicted molar refractivity (Wildman–Crippen MR) is 83.6 cm³/mol. The highest BCUT2D eigenvalue weighted by molar-refractivity contribution is 7.80. The number of nitrogens with two attached hydrogens (primary N) is 1. The maximum Gasteiger partial charge on any atom is 0.239 e. The van der Waals surface area contributed by atoms with Gasteiger partial charge in [-0.1, -0.05) is 19.1 Å². The minimum atomic E-state index is 0.0282. The number of benzene rings is 1. The maximum atomic E-state index is 11.7. The van der Waals surface area contributed by atoms with Crippen LogP contribution in [0.5, 0.6) is 0 Å². The fraction of sp³-hybridized carbons (Fsp3) is 0.429. The first-order valence-corrected chi connectivity index (χ1v) is 6.74. The third kappa shape index (κ3) is 4.52. The SMILES string of the molecule is CCCNC(=O)CN(C)c1ccc(C(N)=S)c(C)c1. The van der Waals surface area contributed by atoms with E-state index in [0.29, 0.717) is 18.1 Å². The van der Waals surface area contributed by atoms with Crippen molar-refractivity contribution >= 4 is 28.8 Å². The molecule has 1 rings (SSSR count). The normalized spacial score (nSPS) is 10.1. The van der Waals surface area contributed by atoms with Crippen molar-refractivity contribution in [3.8, 4) is 0 Å². The monoisotopic (exact) mass is 279 g/mol. The highest BCUT2D eigenvalue weighted by Gasteiger charge is 2.09. The highest BCUT2D eigenvalue weighted by Crippen LogP contribution is 2.18. The molecule has 3 N–H and O–H groups in total. The van der Waals surface area contributed by atoms with Crippen molar-refractivity contribution in [1.29, 1.82) is 0 Å². The molecule has 0 aliphatic heterocycles. The van der Waals surface area contributed by atoms with Gasteiger partial charge in [-0.25, -0.2) is 0 Å². The second-order valence-electron chi connectivity index (χ2n) is 4.57. The van der Waals surface area contributed by atoms with Gasteiger partial charge >= 0.3 is 0 Å². The van der Waals surface area contributed by atoms with Crippen molar-refractivity contribution < 1.29 is 4.79 Å². The number of hydrogen-bond acceptors (Lipinski definition) is 3. The number of aryl methyl sites for hydroxylation is 1. The lowest BCUT2D eigenvalue weighted by atomic mass is 10.1. The lowest BCUT2D eigenvalue weighted by molar-refractivity contribution is -0.119. The van der Waals surface area contributed by atoms with Gasteiger partial charge in [0, 0.05) is 24.8 Å². The Kier molecular flexibility index (Phi) is 5.76. The molecule has 19 heavy (non-hydrogen) atoms. The summed E-state index contributed by atoms with van der Waals surface area (Å²) in [5.74, 6) is 0.0282. The number of nitrogens with zero attached hydrogens (tertiary/aromatic N) is 1. The molecule has 0 unspecified atom stereocenters. The molecule has 0 saturated heterocycles. The van der Waals surface area contributed by atoms with E-state index < -0.39 is 0 Å². The van der Waals surface area contributed by atoms with Crippen molar-refractivity contribution in [3.63, 3.8) is 0 Å². The largest absolute Gasteiger partial charge is 0.389 e. The van der Waals surface area contributed by atoms with Gasteiger partial charge < -0.3 is 16.0 Å². The van der Waals surface area contributed by atoms with E-state index in [1.54, 1.807) is 0 Å². The molecule has 0 saturated carbocycles. The third-order valence-corrected chi connectivity index (χ3v) is 3.09. The molecule has 4 nitrogen and oxygen atoms in total. The minimum Gasteiger partial charge on any atom is -0.389 e. The fourth-order valence-electron chi connectivity index (χ4n) is 1.79. The van der Waals surface area contributed by atoms with Crippen LogP contribution in [0.3, 0.4) is 0 Å². The average Bonchev–Trinajstić information content (AvgIpc) is 2.35. The Morgan fingerprint density at radius 3 is 2.68 bits per heavy atom. The summed E-state index contributed by atoms with van der Waals surface area (Å²) in [5, 5.41) is 2.86. The molecule has 0 fully saturated rings. The number of likely N-dealkylation sites (N-methyl/N-ethyl adjacent to an activating group) is 1. The Bertz CT molecular complexity index is 474. The Balaban J connectivity index is 2.72. The first-order valence-electron chi connectivity index (χ1n) is 6.34. The van der Waals surface area contributed by atoms with Gasteiger partial charge in [0.15, 0.2) is 0 Å². The lowest BCUT2D eigenvalue weighted by Gasteiger charge is -2.20. The van der Waals surface area contributed by atoms with Crippen molar-refractivity contribution in [3.05, 3.63) is 29.3 Å². The van der Waals surface area contributed by atoms with Crippen LogP contribution in [-0.2, 0) is 4.79 Å². The average molecular weight is 279 g/mol. The van der Waals surface area contributed by atoms with E-state index in [0.717, 1.165) is 23.2 Å². The number of carbonyl (C=O) groups is 1. The van der Waals surface area contributed by atoms with E-state index in [2.05, 4.69) is 5.32 Å². The molecular formula is C14H21N3OS. The van der Waals surface area contributed by atoms with Gasteiger partial charge in [-0.05, 0) is 37.1 Å². The smallest absolute Gasteiger partial charge is 0.239 e. The summed E-state index contributed by atoms with van der Waals surface area (Å²) >= 11 is 4.98.